The number of para-hydroxylation sites is 1. The first-order chi connectivity index (χ1) is 11.4. The highest BCUT2D eigenvalue weighted by molar-refractivity contribution is 7.93. The van der Waals surface area contributed by atoms with E-state index in [0.29, 0.717) is 0 Å². The molecule has 0 saturated heterocycles. The number of benzene rings is 1. The fourth-order valence-electron chi connectivity index (χ4n) is 2.12. The van der Waals surface area contributed by atoms with Crippen molar-refractivity contribution in [2.45, 2.75) is 4.90 Å². The number of fused-ring (bicyclic) bond motifs is 1. The Balaban J connectivity index is 2.00. The van der Waals surface area contributed by atoms with Crippen LogP contribution in [0, 0.1) is 0 Å². The molecule has 0 aliphatic carbocycles. The third-order valence-electron chi connectivity index (χ3n) is 3.17. The summed E-state index contributed by atoms with van der Waals surface area (Å²) in [6, 6.07) is 10.2. The molecule has 1 N–H and O–H groups in total. The van der Waals surface area contributed by atoms with Crippen LogP contribution in [0.2, 0.25) is 4.34 Å². The molecule has 0 saturated carbocycles. The molecule has 3 rings (SSSR count). The van der Waals surface area contributed by atoms with Crippen molar-refractivity contribution in [2.75, 3.05) is 11.8 Å². The molecule has 0 fully saturated rings. The van der Waals surface area contributed by atoms with E-state index >= 15 is 0 Å². The van der Waals surface area contributed by atoms with E-state index in [1.165, 1.54) is 19.4 Å². The summed E-state index contributed by atoms with van der Waals surface area (Å²) in [7, 11) is -2.84. The molecule has 2 heterocycles. The fraction of sp³-hybridized carbons (Fsp3) is 0.0667. The molecule has 0 amide bonds. The zero-order valence-electron chi connectivity index (χ0n) is 12.3. The van der Waals surface area contributed by atoms with Crippen LogP contribution in [-0.2, 0) is 14.8 Å². The standard InChI is InChI=1S/C15H11ClN2O4S2/c1-22-15(19)14-12(7-13(16)23-14)24(20,21)18-10-6-9-4-2-3-5-11(9)17-8-10/h2-8,18H,1H3. The van der Waals surface area contributed by atoms with Crippen LogP contribution in [0.15, 0.2) is 47.5 Å². The molecule has 0 atom stereocenters. The van der Waals surface area contributed by atoms with Crippen molar-refractivity contribution < 1.29 is 17.9 Å². The number of methoxy groups -OCH3 is 1. The second-order valence-electron chi connectivity index (χ2n) is 4.76. The number of carbonyl (C=O) groups is 1. The number of halogens is 1. The first-order valence-corrected chi connectivity index (χ1v) is 9.34. The Morgan fingerprint density at radius 3 is 2.79 bits per heavy atom. The van der Waals surface area contributed by atoms with Crippen molar-refractivity contribution >= 4 is 55.5 Å². The highest BCUT2D eigenvalue weighted by Crippen LogP contribution is 2.32. The molecule has 24 heavy (non-hydrogen) atoms. The van der Waals surface area contributed by atoms with Crippen LogP contribution in [0.3, 0.4) is 0 Å². The molecule has 0 aliphatic rings. The Morgan fingerprint density at radius 2 is 2.04 bits per heavy atom. The number of rotatable bonds is 4. The molecule has 1 aromatic carbocycles. The summed E-state index contributed by atoms with van der Waals surface area (Å²) < 4.78 is 32.4. The molecule has 6 nitrogen and oxygen atoms in total. The Labute approximate surface area is 147 Å². The maximum absolute atomic E-state index is 12.6. The Morgan fingerprint density at radius 1 is 1.29 bits per heavy atom. The van der Waals surface area contributed by atoms with Crippen molar-refractivity contribution in [3.63, 3.8) is 0 Å². The van der Waals surface area contributed by atoms with Gasteiger partial charge in [0.1, 0.15) is 9.77 Å². The smallest absolute Gasteiger partial charge is 0.349 e. The van der Waals surface area contributed by atoms with Gasteiger partial charge in [-0.15, -0.1) is 11.3 Å². The Bertz CT molecular complexity index is 1030. The molecule has 9 heteroatoms. The zero-order chi connectivity index (χ0) is 17.3. The van der Waals surface area contributed by atoms with Crippen LogP contribution in [0.5, 0.6) is 0 Å². The van der Waals surface area contributed by atoms with Gasteiger partial charge in [-0.25, -0.2) is 13.2 Å². The van der Waals surface area contributed by atoms with E-state index in [-0.39, 0.29) is 19.8 Å². The topological polar surface area (TPSA) is 85.4 Å². The van der Waals surface area contributed by atoms with Crippen LogP contribution >= 0.6 is 22.9 Å². The van der Waals surface area contributed by atoms with Gasteiger partial charge in [-0.2, -0.15) is 0 Å². The van der Waals surface area contributed by atoms with E-state index in [0.717, 1.165) is 22.2 Å². The molecular weight excluding hydrogens is 372 g/mol. The van der Waals surface area contributed by atoms with Gasteiger partial charge < -0.3 is 4.74 Å². The summed E-state index contributed by atoms with van der Waals surface area (Å²) in [5.41, 5.74) is 1.03. The summed E-state index contributed by atoms with van der Waals surface area (Å²) in [6.45, 7) is 0. The van der Waals surface area contributed by atoms with E-state index < -0.39 is 16.0 Å². The number of esters is 1. The third kappa shape index (κ3) is 3.21. The van der Waals surface area contributed by atoms with Gasteiger partial charge in [-0.3, -0.25) is 9.71 Å². The fourth-order valence-corrected chi connectivity index (χ4v) is 4.88. The van der Waals surface area contributed by atoms with Crippen LogP contribution in [0.4, 0.5) is 5.69 Å². The van der Waals surface area contributed by atoms with Crippen molar-refractivity contribution in [1.82, 2.24) is 4.98 Å². The normalized spacial score (nSPS) is 11.4. The first kappa shape index (κ1) is 16.7. The number of hydrogen-bond donors (Lipinski definition) is 1. The van der Waals surface area contributed by atoms with E-state index in [1.54, 1.807) is 6.07 Å². The molecule has 0 bridgehead atoms. The second-order valence-corrected chi connectivity index (χ2v) is 8.09. The molecule has 0 aliphatic heterocycles. The minimum absolute atomic E-state index is 0.0799. The van der Waals surface area contributed by atoms with Crippen molar-refractivity contribution in [2.24, 2.45) is 0 Å². The largest absolute Gasteiger partial charge is 0.465 e. The van der Waals surface area contributed by atoms with E-state index in [2.05, 4.69) is 14.4 Å². The predicted molar refractivity (Wildman–Crippen MR) is 93.2 cm³/mol. The van der Waals surface area contributed by atoms with E-state index in [4.69, 9.17) is 11.6 Å². The number of thiophene rings is 1. The van der Waals surface area contributed by atoms with Gasteiger partial charge in [0.25, 0.3) is 10.0 Å². The van der Waals surface area contributed by atoms with E-state index in [9.17, 15) is 13.2 Å². The number of carbonyl (C=O) groups excluding carboxylic acids is 1. The van der Waals surface area contributed by atoms with Crippen LogP contribution in [-0.4, -0.2) is 26.5 Å². The molecule has 124 valence electrons. The number of anilines is 1. The van der Waals surface area contributed by atoms with Crippen LogP contribution < -0.4 is 4.72 Å². The van der Waals surface area contributed by atoms with E-state index in [1.807, 2.05) is 24.3 Å². The SMILES string of the molecule is COC(=O)c1sc(Cl)cc1S(=O)(=O)Nc1cnc2ccccc2c1. The Kier molecular flexibility index (Phi) is 4.44. The predicted octanol–water partition coefficient (Wildman–Crippen LogP) is 3.54. The number of nitrogens with one attached hydrogen (secondary N) is 1. The average molecular weight is 383 g/mol. The highest BCUT2D eigenvalue weighted by atomic mass is 35.5. The number of aromatic nitrogens is 1. The van der Waals surface area contributed by atoms with Gasteiger partial charge in [-0.1, -0.05) is 29.8 Å². The van der Waals surface area contributed by atoms with Gasteiger partial charge in [0.15, 0.2) is 0 Å². The zero-order valence-corrected chi connectivity index (χ0v) is 14.7. The monoisotopic (exact) mass is 382 g/mol. The Hall–Kier alpha value is -2.16. The lowest BCUT2D eigenvalue weighted by atomic mass is 10.2. The molecule has 2 aromatic heterocycles. The van der Waals surface area contributed by atoms with Gasteiger partial charge in [0.05, 0.1) is 28.8 Å². The minimum Gasteiger partial charge on any atom is -0.465 e. The molecule has 0 spiro atoms. The number of ether oxygens (including phenoxy) is 1. The average Bonchev–Trinajstić information content (AvgIpc) is 2.96. The van der Waals surface area contributed by atoms with Crippen molar-refractivity contribution in [3.8, 4) is 0 Å². The summed E-state index contributed by atoms with van der Waals surface area (Å²) in [5.74, 6) is -0.760. The van der Waals surface area contributed by atoms with Crippen molar-refractivity contribution in [1.29, 1.82) is 0 Å². The number of hydrogen-bond acceptors (Lipinski definition) is 6. The van der Waals surface area contributed by atoms with Gasteiger partial charge >= 0.3 is 5.97 Å². The third-order valence-corrected chi connectivity index (χ3v) is 5.95. The first-order valence-electron chi connectivity index (χ1n) is 6.66. The number of nitrogens with zero attached hydrogens (tertiary/aromatic N) is 1. The maximum atomic E-state index is 12.6. The highest BCUT2D eigenvalue weighted by Gasteiger charge is 2.26. The van der Waals surface area contributed by atoms with Crippen LogP contribution in [0.1, 0.15) is 9.67 Å². The van der Waals surface area contributed by atoms with Gasteiger partial charge in [0.2, 0.25) is 0 Å². The lowest BCUT2D eigenvalue weighted by Crippen LogP contribution is -2.15. The molecular formula is C15H11ClN2O4S2. The van der Waals surface area contributed by atoms with Gasteiger partial charge in [-0.05, 0) is 18.2 Å². The molecule has 0 unspecified atom stereocenters. The minimum atomic E-state index is -4.01. The quantitative estimate of drug-likeness (QED) is 0.697. The second kappa shape index (κ2) is 6.39. The summed E-state index contributed by atoms with van der Waals surface area (Å²) in [5, 5.41) is 0.786. The van der Waals surface area contributed by atoms with Gasteiger partial charge in [0, 0.05) is 5.39 Å². The summed E-state index contributed by atoms with van der Waals surface area (Å²) in [6.07, 6.45) is 1.41. The molecule has 0 radical (unpaired) electrons. The lowest BCUT2D eigenvalue weighted by Gasteiger charge is -2.08. The summed E-state index contributed by atoms with van der Waals surface area (Å²) >= 11 is 6.70. The summed E-state index contributed by atoms with van der Waals surface area (Å²) in [4.78, 5) is 15.6. The van der Waals surface area contributed by atoms with Crippen molar-refractivity contribution in [3.05, 3.63) is 51.8 Å². The molecule has 3 aromatic rings. The maximum Gasteiger partial charge on any atom is 0.349 e. The lowest BCUT2D eigenvalue weighted by molar-refractivity contribution is 0.0602. The van der Waals surface area contributed by atoms with Crippen LogP contribution in [0.25, 0.3) is 10.9 Å². The number of pyridine rings is 1. The number of sulfonamides is 1.